The number of esters is 1. The van der Waals surface area contributed by atoms with Crippen molar-refractivity contribution in [3.05, 3.63) is 58.6 Å². The van der Waals surface area contributed by atoms with E-state index in [0.29, 0.717) is 11.2 Å². The summed E-state index contributed by atoms with van der Waals surface area (Å²) in [5, 5.41) is 6.60. The number of carbonyl (C=O) groups excluding carboxylic acids is 1. The first-order valence-corrected chi connectivity index (χ1v) is 13.2. The fourth-order valence-electron chi connectivity index (χ4n) is 3.70. The largest absolute Gasteiger partial charge is 0.465 e. The number of halogens is 1. The number of rotatable bonds is 11. The van der Waals surface area contributed by atoms with Gasteiger partial charge in [0.2, 0.25) is 0 Å². The van der Waals surface area contributed by atoms with Crippen LogP contribution in [-0.4, -0.2) is 56.9 Å². The van der Waals surface area contributed by atoms with Crippen LogP contribution in [0.4, 0.5) is 0 Å². The van der Waals surface area contributed by atoms with Crippen LogP contribution < -0.4 is 9.61 Å². The van der Waals surface area contributed by atoms with Crippen LogP contribution in [0.1, 0.15) is 26.5 Å². The average molecular weight is 551 g/mol. The highest BCUT2D eigenvalue weighted by molar-refractivity contribution is 7.52. The third-order valence-corrected chi connectivity index (χ3v) is 7.32. The number of nitrogens with zero attached hydrogens (tertiary/aromatic N) is 7. The van der Waals surface area contributed by atoms with Gasteiger partial charge in [-0.25, -0.2) is 19.5 Å². The van der Waals surface area contributed by atoms with E-state index in [2.05, 4.69) is 30.1 Å². The molecule has 0 spiro atoms. The summed E-state index contributed by atoms with van der Waals surface area (Å²) in [6, 6.07) is 6.68. The Balaban J connectivity index is 1.53. The van der Waals surface area contributed by atoms with Gasteiger partial charge >= 0.3 is 13.7 Å². The number of hydrogen-bond acceptors (Lipinski definition) is 10. The molecule has 1 aliphatic heterocycles. The molecule has 1 N–H and O–H groups in total. The topological polar surface area (TPSA) is 175 Å². The van der Waals surface area contributed by atoms with E-state index in [0.717, 1.165) is 0 Å². The van der Waals surface area contributed by atoms with Crippen molar-refractivity contribution < 1.29 is 27.9 Å². The van der Waals surface area contributed by atoms with Gasteiger partial charge in [0.25, 0.3) is 0 Å². The van der Waals surface area contributed by atoms with Crippen LogP contribution in [0.25, 0.3) is 21.6 Å². The SMILES string of the molecule is CCOC(=O)[C@H](C)NP(=O)(OC[C@@H]1O[C@H](n2cnc3c(Cl)ncnc32)CC1N=[N+]=[N-])Oc1ccccc1. The summed E-state index contributed by atoms with van der Waals surface area (Å²) in [5.41, 5.74) is 9.92. The number of azide groups is 1. The molecule has 1 aliphatic rings. The van der Waals surface area contributed by atoms with Crippen molar-refractivity contribution in [2.75, 3.05) is 13.2 Å². The van der Waals surface area contributed by atoms with Crippen molar-refractivity contribution in [1.29, 1.82) is 0 Å². The van der Waals surface area contributed by atoms with Gasteiger partial charge in [0.1, 0.15) is 29.9 Å². The van der Waals surface area contributed by atoms with Gasteiger partial charge in [-0.15, -0.1) is 0 Å². The summed E-state index contributed by atoms with van der Waals surface area (Å²) >= 11 is 6.09. The molecule has 2 unspecified atom stereocenters. The number of nitrogens with one attached hydrogen (secondary N) is 1. The molecule has 0 bridgehead atoms. The van der Waals surface area contributed by atoms with Crippen molar-refractivity contribution in [3.8, 4) is 5.75 Å². The summed E-state index contributed by atoms with van der Waals surface area (Å²) < 4.78 is 37.7. The van der Waals surface area contributed by atoms with Crippen LogP contribution >= 0.6 is 19.3 Å². The lowest BCUT2D eigenvalue weighted by Crippen LogP contribution is -2.36. The molecule has 0 aliphatic carbocycles. The maximum absolute atomic E-state index is 13.7. The Morgan fingerprint density at radius 3 is 2.89 bits per heavy atom. The number of fused-ring (bicyclic) bond motifs is 1. The molecule has 3 heterocycles. The van der Waals surface area contributed by atoms with E-state index in [4.69, 9.17) is 35.7 Å². The molecule has 0 radical (unpaired) electrons. The number of aromatic nitrogens is 4. The molecule has 16 heteroatoms. The third-order valence-electron chi connectivity index (χ3n) is 5.40. The highest BCUT2D eigenvalue weighted by Crippen LogP contribution is 2.46. The Labute approximate surface area is 216 Å². The second-order valence-electron chi connectivity index (χ2n) is 7.93. The minimum atomic E-state index is -4.12. The molecule has 1 saturated heterocycles. The molecule has 0 amide bonds. The summed E-state index contributed by atoms with van der Waals surface area (Å²) in [7, 11) is -4.12. The first kappa shape index (κ1) is 26.8. The average Bonchev–Trinajstić information content (AvgIpc) is 3.48. The number of carbonyl (C=O) groups is 1. The molecule has 3 aromatic rings. The van der Waals surface area contributed by atoms with Crippen LogP contribution in [0.5, 0.6) is 5.75 Å². The molecule has 5 atom stereocenters. The van der Waals surface area contributed by atoms with E-state index >= 15 is 0 Å². The fraction of sp³-hybridized carbons (Fsp3) is 0.429. The lowest BCUT2D eigenvalue weighted by molar-refractivity contribution is -0.144. The quantitative estimate of drug-likeness (QED) is 0.0909. The summed E-state index contributed by atoms with van der Waals surface area (Å²) in [4.78, 5) is 27.4. The summed E-state index contributed by atoms with van der Waals surface area (Å²) in [6.45, 7) is 3.01. The lowest BCUT2D eigenvalue weighted by Gasteiger charge is -2.24. The highest BCUT2D eigenvalue weighted by Gasteiger charge is 2.40. The molecule has 2 aromatic heterocycles. The van der Waals surface area contributed by atoms with Crippen LogP contribution in [0, 0.1) is 0 Å². The van der Waals surface area contributed by atoms with Gasteiger partial charge in [-0.2, -0.15) is 5.09 Å². The molecule has 14 nitrogen and oxygen atoms in total. The maximum Gasteiger partial charge on any atom is 0.459 e. The third kappa shape index (κ3) is 6.37. The van der Waals surface area contributed by atoms with E-state index in [1.54, 1.807) is 41.8 Å². The van der Waals surface area contributed by atoms with E-state index in [1.807, 2.05) is 0 Å². The van der Waals surface area contributed by atoms with Crippen molar-refractivity contribution in [2.45, 2.75) is 44.7 Å². The van der Waals surface area contributed by atoms with Crippen molar-refractivity contribution in [2.24, 2.45) is 5.11 Å². The number of imidazole rings is 1. The van der Waals surface area contributed by atoms with Gasteiger partial charge in [0, 0.05) is 11.3 Å². The lowest BCUT2D eigenvalue weighted by atomic mass is 10.1. The first-order valence-electron chi connectivity index (χ1n) is 11.3. The molecular formula is C21H24ClN8O6P. The van der Waals surface area contributed by atoms with E-state index < -0.39 is 38.1 Å². The van der Waals surface area contributed by atoms with Crippen LogP contribution in [0.2, 0.25) is 5.15 Å². The number of para-hydroxylation sites is 1. The Morgan fingerprint density at radius 2 is 2.16 bits per heavy atom. The Morgan fingerprint density at radius 1 is 1.38 bits per heavy atom. The minimum Gasteiger partial charge on any atom is -0.465 e. The molecule has 1 aromatic carbocycles. The normalized spacial score (nSPS) is 21.6. The first-order chi connectivity index (χ1) is 17.8. The molecule has 1 fully saturated rings. The molecule has 0 saturated carbocycles. The number of benzene rings is 1. The second kappa shape index (κ2) is 11.9. The van der Waals surface area contributed by atoms with Gasteiger partial charge in [0.05, 0.1) is 31.7 Å². The zero-order chi connectivity index (χ0) is 26.4. The standard InChI is InChI=1S/C21H24ClN8O6P/c1-3-33-21(31)13(2)28-37(32,36-14-7-5-4-6-8-14)34-10-16-15(27-29-23)9-17(35-16)30-12-26-18-19(22)24-11-25-20(18)30/h4-8,11-13,15-17H,3,9-10H2,1-2H3,(H,28,32)/t13-,15?,16-,17-,37?/m0/s1. The molecular weight excluding hydrogens is 527 g/mol. The highest BCUT2D eigenvalue weighted by atomic mass is 35.5. The van der Waals surface area contributed by atoms with Gasteiger partial charge in [-0.1, -0.05) is 34.9 Å². The number of hydrogen-bond donors (Lipinski definition) is 1. The zero-order valence-corrected chi connectivity index (χ0v) is 21.5. The number of ether oxygens (including phenoxy) is 2. The van der Waals surface area contributed by atoms with Gasteiger partial charge in [-0.3, -0.25) is 13.9 Å². The van der Waals surface area contributed by atoms with Gasteiger partial charge in [0.15, 0.2) is 10.8 Å². The van der Waals surface area contributed by atoms with E-state index in [9.17, 15) is 9.36 Å². The Hall–Kier alpha value is -3.25. The van der Waals surface area contributed by atoms with Crippen molar-refractivity contribution >= 4 is 36.5 Å². The van der Waals surface area contributed by atoms with E-state index in [-0.39, 0.29) is 30.5 Å². The van der Waals surface area contributed by atoms with Crippen LogP contribution in [0.15, 0.2) is 48.1 Å². The molecule has 196 valence electrons. The van der Waals surface area contributed by atoms with E-state index in [1.165, 1.54) is 19.6 Å². The predicted octanol–water partition coefficient (Wildman–Crippen LogP) is 4.19. The Kier molecular flexibility index (Phi) is 8.59. The van der Waals surface area contributed by atoms with Crippen molar-refractivity contribution in [1.82, 2.24) is 24.6 Å². The maximum atomic E-state index is 13.7. The minimum absolute atomic E-state index is 0.153. The molecule has 4 rings (SSSR count). The van der Waals surface area contributed by atoms with Crippen LogP contribution in [0.3, 0.4) is 0 Å². The van der Waals surface area contributed by atoms with Crippen LogP contribution in [-0.2, 0) is 23.4 Å². The van der Waals surface area contributed by atoms with Gasteiger partial charge < -0.3 is 14.0 Å². The Bertz CT molecular complexity index is 1340. The predicted molar refractivity (Wildman–Crippen MR) is 132 cm³/mol. The summed E-state index contributed by atoms with van der Waals surface area (Å²) in [6.07, 6.45) is 1.64. The zero-order valence-electron chi connectivity index (χ0n) is 19.9. The van der Waals surface area contributed by atoms with Gasteiger partial charge in [-0.05, 0) is 31.5 Å². The van der Waals surface area contributed by atoms with Crippen molar-refractivity contribution in [3.63, 3.8) is 0 Å². The molecule has 37 heavy (non-hydrogen) atoms. The summed E-state index contributed by atoms with van der Waals surface area (Å²) in [5.74, 6) is -0.368. The second-order valence-corrected chi connectivity index (χ2v) is 9.98. The monoisotopic (exact) mass is 550 g/mol. The smallest absolute Gasteiger partial charge is 0.459 e. The fourth-order valence-corrected chi connectivity index (χ4v) is 5.38.